The number of benzene rings is 3. The van der Waals surface area contributed by atoms with Gasteiger partial charge in [-0.2, -0.15) is 0 Å². The zero-order valence-electron chi connectivity index (χ0n) is 13.5. The molecule has 0 spiro atoms. The summed E-state index contributed by atoms with van der Waals surface area (Å²) in [5.41, 5.74) is 5.42. The van der Waals surface area contributed by atoms with E-state index in [0.29, 0.717) is 11.8 Å². The van der Waals surface area contributed by atoms with Gasteiger partial charge < -0.3 is 0 Å². The third kappa shape index (κ3) is 2.83. The van der Waals surface area contributed by atoms with Crippen molar-refractivity contribution in [1.29, 1.82) is 0 Å². The molecule has 0 saturated heterocycles. The SMILES string of the molecule is C1=C[C@H](c2ccccc2)[C@H](c2ccccc2)C(c2ccccc2)=C1. The van der Waals surface area contributed by atoms with E-state index in [1.165, 1.54) is 22.3 Å². The van der Waals surface area contributed by atoms with Crippen LogP contribution in [-0.4, -0.2) is 0 Å². The highest BCUT2D eigenvalue weighted by Crippen LogP contribution is 2.45. The van der Waals surface area contributed by atoms with E-state index in [0.717, 1.165) is 0 Å². The minimum atomic E-state index is 0.334. The van der Waals surface area contributed by atoms with Gasteiger partial charge in [-0.1, -0.05) is 109 Å². The van der Waals surface area contributed by atoms with Crippen LogP contribution in [0.4, 0.5) is 0 Å². The molecular weight excluding hydrogens is 288 g/mol. The van der Waals surface area contributed by atoms with Gasteiger partial charge in [0.05, 0.1) is 0 Å². The Bertz CT molecular complexity index is 842. The molecule has 3 aromatic rings. The van der Waals surface area contributed by atoms with E-state index in [9.17, 15) is 0 Å². The largest absolute Gasteiger partial charge is 0.0760 e. The number of hydrogen-bond donors (Lipinski definition) is 0. The van der Waals surface area contributed by atoms with Gasteiger partial charge in [-0.3, -0.25) is 0 Å². The Morgan fingerprint density at radius 3 is 1.71 bits per heavy atom. The number of allylic oxidation sites excluding steroid dienone is 4. The monoisotopic (exact) mass is 308 g/mol. The summed E-state index contributed by atoms with van der Waals surface area (Å²) in [6.07, 6.45) is 6.81. The third-order valence-electron chi connectivity index (χ3n) is 4.74. The average molecular weight is 308 g/mol. The van der Waals surface area contributed by atoms with Gasteiger partial charge >= 0.3 is 0 Å². The van der Waals surface area contributed by atoms with Gasteiger partial charge in [-0.15, -0.1) is 0 Å². The van der Waals surface area contributed by atoms with Gasteiger partial charge in [0.2, 0.25) is 0 Å². The maximum Gasteiger partial charge on any atom is 0.0199 e. The second kappa shape index (κ2) is 6.72. The smallest absolute Gasteiger partial charge is 0.0199 e. The van der Waals surface area contributed by atoms with Crippen LogP contribution in [-0.2, 0) is 0 Å². The molecule has 2 atom stereocenters. The Balaban J connectivity index is 1.84. The van der Waals surface area contributed by atoms with Gasteiger partial charge in [0, 0.05) is 11.8 Å². The molecule has 0 amide bonds. The lowest BCUT2D eigenvalue weighted by molar-refractivity contribution is 0.746. The second-order valence-corrected chi connectivity index (χ2v) is 6.20. The molecule has 24 heavy (non-hydrogen) atoms. The van der Waals surface area contributed by atoms with E-state index in [1.807, 2.05) is 0 Å². The maximum atomic E-state index is 2.33. The van der Waals surface area contributed by atoms with Crippen LogP contribution in [0.15, 0.2) is 109 Å². The summed E-state index contributed by atoms with van der Waals surface area (Å²) in [6.45, 7) is 0. The molecule has 0 unspecified atom stereocenters. The van der Waals surface area contributed by atoms with Gasteiger partial charge in [0.1, 0.15) is 0 Å². The number of rotatable bonds is 3. The Morgan fingerprint density at radius 1 is 0.542 bits per heavy atom. The molecule has 0 radical (unpaired) electrons. The van der Waals surface area contributed by atoms with Crippen LogP contribution in [0.2, 0.25) is 0 Å². The van der Waals surface area contributed by atoms with Crippen molar-refractivity contribution in [1.82, 2.24) is 0 Å². The summed E-state index contributed by atoms with van der Waals surface area (Å²) >= 11 is 0. The van der Waals surface area contributed by atoms with Crippen LogP contribution in [0.3, 0.4) is 0 Å². The standard InChI is InChI=1S/C24H20/c1-4-11-19(12-5-1)22-17-10-18-23(20-13-6-2-7-14-20)24(22)21-15-8-3-9-16-21/h1-18,22,24H/t22-,24+/m1/s1. The zero-order valence-corrected chi connectivity index (χ0v) is 13.5. The van der Waals surface area contributed by atoms with Crippen molar-refractivity contribution in [3.63, 3.8) is 0 Å². The molecule has 3 aromatic carbocycles. The lowest BCUT2D eigenvalue weighted by Gasteiger charge is -2.31. The molecule has 116 valence electrons. The summed E-state index contributed by atoms with van der Waals surface area (Å²) in [5.74, 6) is 0.690. The molecule has 0 aliphatic heterocycles. The number of hydrogen-bond acceptors (Lipinski definition) is 0. The van der Waals surface area contributed by atoms with Crippen molar-refractivity contribution in [2.45, 2.75) is 11.8 Å². The summed E-state index contributed by atoms with van der Waals surface area (Å²) in [7, 11) is 0. The predicted molar refractivity (Wildman–Crippen MR) is 102 cm³/mol. The van der Waals surface area contributed by atoms with Crippen LogP contribution < -0.4 is 0 Å². The lowest BCUT2D eigenvalue weighted by atomic mass is 9.72. The van der Waals surface area contributed by atoms with Crippen molar-refractivity contribution < 1.29 is 0 Å². The molecule has 0 fully saturated rings. The molecule has 0 N–H and O–H groups in total. The molecule has 0 heteroatoms. The van der Waals surface area contributed by atoms with E-state index < -0.39 is 0 Å². The van der Waals surface area contributed by atoms with Gasteiger partial charge in [-0.05, 0) is 22.3 Å². The van der Waals surface area contributed by atoms with E-state index in [4.69, 9.17) is 0 Å². The quantitative estimate of drug-likeness (QED) is 0.540. The fraction of sp³-hybridized carbons (Fsp3) is 0.0833. The Hall–Kier alpha value is -2.86. The van der Waals surface area contributed by atoms with Gasteiger partial charge in [-0.25, -0.2) is 0 Å². The summed E-state index contributed by atoms with van der Waals surface area (Å²) < 4.78 is 0. The topological polar surface area (TPSA) is 0 Å². The molecule has 0 saturated carbocycles. The summed E-state index contributed by atoms with van der Waals surface area (Å²) in [6, 6.07) is 32.4. The average Bonchev–Trinajstić information content (AvgIpc) is 2.69. The van der Waals surface area contributed by atoms with E-state index in [2.05, 4.69) is 109 Å². The van der Waals surface area contributed by atoms with Crippen molar-refractivity contribution in [3.8, 4) is 0 Å². The first-order valence-electron chi connectivity index (χ1n) is 8.47. The minimum Gasteiger partial charge on any atom is -0.0760 e. The Labute approximate surface area is 143 Å². The Kier molecular flexibility index (Phi) is 4.12. The molecule has 1 aliphatic carbocycles. The van der Waals surface area contributed by atoms with Crippen molar-refractivity contribution in [2.24, 2.45) is 0 Å². The normalized spacial score (nSPS) is 19.8. The fourth-order valence-corrected chi connectivity index (χ4v) is 3.62. The van der Waals surface area contributed by atoms with Crippen LogP contribution in [0.1, 0.15) is 28.5 Å². The van der Waals surface area contributed by atoms with Crippen molar-refractivity contribution >= 4 is 5.57 Å². The summed E-state index contributed by atoms with van der Waals surface area (Å²) in [4.78, 5) is 0. The highest BCUT2D eigenvalue weighted by molar-refractivity contribution is 5.76. The molecular formula is C24H20. The van der Waals surface area contributed by atoms with Gasteiger partial charge in [0.15, 0.2) is 0 Å². The fourth-order valence-electron chi connectivity index (χ4n) is 3.62. The Morgan fingerprint density at radius 2 is 1.08 bits per heavy atom. The molecule has 0 nitrogen and oxygen atoms in total. The first kappa shape index (κ1) is 14.7. The molecule has 1 aliphatic rings. The molecule has 0 aromatic heterocycles. The van der Waals surface area contributed by atoms with Crippen LogP contribution in [0.5, 0.6) is 0 Å². The highest BCUT2D eigenvalue weighted by atomic mass is 14.3. The second-order valence-electron chi connectivity index (χ2n) is 6.20. The summed E-state index contributed by atoms with van der Waals surface area (Å²) in [5, 5.41) is 0. The maximum absolute atomic E-state index is 2.33. The van der Waals surface area contributed by atoms with Crippen LogP contribution in [0, 0.1) is 0 Å². The third-order valence-corrected chi connectivity index (χ3v) is 4.74. The highest BCUT2D eigenvalue weighted by Gasteiger charge is 2.28. The molecule has 0 bridgehead atoms. The molecule has 4 rings (SSSR count). The van der Waals surface area contributed by atoms with Crippen molar-refractivity contribution in [2.75, 3.05) is 0 Å². The van der Waals surface area contributed by atoms with Crippen molar-refractivity contribution in [3.05, 3.63) is 126 Å². The van der Waals surface area contributed by atoms with E-state index in [1.54, 1.807) is 0 Å². The van der Waals surface area contributed by atoms with E-state index >= 15 is 0 Å². The van der Waals surface area contributed by atoms with Gasteiger partial charge in [0.25, 0.3) is 0 Å². The minimum absolute atomic E-state index is 0.334. The van der Waals surface area contributed by atoms with Crippen LogP contribution in [0.25, 0.3) is 5.57 Å². The van der Waals surface area contributed by atoms with Crippen LogP contribution >= 0.6 is 0 Å². The first-order valence-corrected chi connectivity index (χ1v) is 8.47. The lowest BCUT2D eigenvalue weighted by Crippen LogP contribution is -2.14. The molecule has 0 heterocycles. The van der Waals surface area contributed by atoms with E-state index in [-0.39, 0.29) is 0 Å². The first-order chi connectivity index (χ1) is 11.9. The zero-order chi connectivity index (χ0) is 16.2. The predicted octanol–water partition coefficient (Wildman–Crippen LogP) is 6.21.